The number of hydrogen-bond acceptors (Lipinski definition) is 3. The normalized spacial score (nSPS) is 14.7. The highest BCUT2D eigenvalue weighted by Crippen LogP contribution is 2.32. The zero-order valence-corrected chi connectivity index (χ0v) is 18.5. The van der Waals surface area contributed by atoms with Crippen molar-refractivity contribution in [2.45, 2.75) is 44.2 Å². The third-order valence-electron chi connectivity index (χ3n) is 5.23. The fourth-order valence-electron chi connectivity index (χ4n) is 3.69. The molecular weight excluding hydrogens is 421 g/mol. The van der Waals surface area contributed by atoms with Crippen LogP contribution in [0.4, 0.5) is 18.9 Å². The lowest BCUT2D eigenvalue weighted by molar-refractivity contribution is -0.137. The number of hydrogen-bond donors (Lipinski definition) is 3. The topological polar surface area (TPSA) is 52.7 Å². The number of alkyl halides is 3. The number of imidazole rings is 1. The van der Waals surface area contributed by atoms with Crippen molar-refractivity contribution < 1.29 is 13.2 Å². The van der Waals surface area contributed by atoms with Gasteiger partial charge in [0.05, 0.1) is 16.6 Å². The summed E-state index contributed by atoms with van der Waals surface area (Å²) in [7, 11) is 3.75. The molecule has 1 fully saturated rings. The number of aromatic amines is 1. The van der Waals surface area contributed by atoms with E-state index in [0.29, 0.717) is 16.5 Å². The minimum atomic E-state index is -4.35. The van der Waals surface area contributed by atoms with E-state index in [0.717, 1.165) is 34.7 Å². The Hall–Kier alpha value is -2.45. The molecule has 0 amide bonds. The molecule has 166 valence electrons. The molecule has 0 radical (unpaired) electrons. The number of thiocarbonyl (C=S) groups is 1. The van der Waals surface area contributed by atoms with Gasteiger partial charge in [-0.25, -0.2) is 4.98 Å². The van der Waals surface area contributed by atoms with Gasteiger partial charge in [-0.15, -0.1) is 0 Å². The van der Waals surface area contributed by atoms with Crippen molar-refractivity contribution in [2.75, 3.05) is 19.4 Å². The van der Waals surface area contributed by atoms with Gasteiger partial charge in [-0.3, -0.25) is 0 Å². The van der Waals surface area contributed by atoms with Crippen molar-refractivity contribution in [3.63, 3.8) is 0 Å². The molecule has 0 saturated heterocycles. The standard InChI is InChI=1S/C21H20F3N3S.C2H7N/c22-21(23,24)15-8-6-14(7-9-15)20(28)25-16-10-11-17-18(12-16)27-19(26-17)13-4-2-1-3-5-13;1-3-2/h6-13H,1-5H2,(H,25,28)(H,26,27);3H,1-2H3. The van der Waals surface area contributed by atoms with Crippen LogP contribution in [0.3, 0.4) is 0 Å². The second-order valence-corrected chi connectivity index (χ2v) is 8.13. The Morgan fingerprint density at radius 1 is 1.03 bits per heavy atom. The van der Waals surface area contributed by atoms with Gasteiger partial charge in [0, 0.05) is 17.2 Å². The SMILES string of the molecule is CNC.FC(F)(F)c1ccc(C(=S)Nc2ccc3[nH]c(C4CCCCC4)nc3c2)cc1. The van der Waals surface area contributed by atoms with E-state index in [1.807, 2.05) is 32.3 Å². The van der Waals surface area contributed by atoms with Crippen LogP contribution in [0.1, 0.15) is 55.0 Å². The zero-order valence-electron chi connectivity index (χ0n) is 17.6. The van der Waals surface area contributed by atoms with Gasteiger partial charge in [0.15, 0.2) is 0 Å². The van der Waals surface area contributed by atoms with Crippen molar-refractivity contribution in [3.05, 3.63) is 59.4 Å². The average molecular weight is 449 g/mol. The first-order valence-electron chi connectivity index (χ1n) is 10.4. The molecule has 4 rings (SSSR count). The van der Waals surface area contributed by atoms with Gasteiger partial charge in [0.1, 0.15) is 10.8 Å². The van der Waals surface area contributed by atoms with Crippen LogP contribution in [0.15, 0.2) is 42.5 Å². The van der Waals surface area contributed by atoms with Gasteiger partial charge in [-0.2, -0.15) is 13.2 Å². The molecule has 0 unspecified atom stereocenters. The highest BCUT2D eigenvalue weighted by molar-refractivity contribution is 7.81. The lowest BCUT2D eigenvalue weighted by atomic mass is 9.89. The highest BCUT2D eigenvalue weighted by atomic mass is 32.1. The number of benzene rings is 2. The predicted octanol–water partition coefficient (Wildman–Crippen LogP) is 6.25. The summed E-state index contributed by atoms with van der Waals surface area (Å²) in [4.78, 5) is 8.54. The fraction of sp³-hybridized carbons (Fsp3) is 0.391. The van der Waals surface area contributed by atoms with Crippen LogP contribution in [0.25, 0.3) is 11.0 Å². The number of H-pyrrole nitrogens is 1. The van der Waals surface area contributed by atoms with E-state index in [1.54, 1.807) is 0 Å². The summed E-state index contributed by atoms with van der Waals surface area (Å²) in [5.74, 6) is 1.53. The molecule has 0 spiro atoms. The number of nitrogens with one attached hydrogen (secondary N) is 3. The van der Waals surface area contributed by atoms with E-state index in [-0.39, 0.29) is 0 Å². The van der Waals surface area contributed by atoms with Crippen LogP contribution in [-0.4, -0.2) is 29.1 Å². The lowest BCUT2D eigenvalue weighted by Crippen LogP contribution is -2.11. The summed E-state index contributed by atoms with van der Waals surface area (Å²) < 4.78 is 38.1. The first kappa shape index (κ1) is 23.2. The number of nitrogens with zero attached hydrogens (tertiary/aromatic N) is 1. The molecule has 31 heavy (non-hydrogen) atoms. The van der Waals surface area contributed by atoms with Crippen LogP contribution >= 0.6 is 12.2 Å². The smallest absolute Gasteiger partial charge is 0.346 e. The Kier molecular flexibility index (Phi) is 7.67. The monoisotopic (exact) mass is 448 g/mol. The van der Waals surface area contributed by atoms with Crippen molar-refractivity contribution in [3.8, 4) is 0 Å². The lowest BCUT2D eigenvalue weighted by Gasteiger charge is -2.18. The molecule has 1 saturated carbocycles. The fourth-order valence-corrected chi connectivity index (χ4v) is 3.94. The van der Waals surface area contributed by atoms with Crippen molar-refractivity contribution >= 4 is 33.9 Å². The number of halogens is 3. The van der Waals surface area contributed by atoms with Gasteiger partial charge in [-0.05, 0) is 57.3 Å². The van der Waals surface area contributed by atoms with Crippen LogP contribution in [0, 0.1) is 0 Å². The third kappa shape index (κ3) is 6.04. The van der Waals surface area contributed by atoms with Gasteiger partial charge in [0.25, 0.3) is 0 Å². The molecule has 2 aromatic carbocycles. The van der Waals surface area contributed by atoms with Gasteiger partial charge >= 0.3 is 6.18 Å². The van der Waals surface area contributed by atoms with Gasteiger partial charge in [-0.1, -0.05) is 43.6 Å². The van der Waals surface area contributed by atoms with E-state index < -0.39 is 11.7 Å². The van der Waals surface area contributed by atoms with Crippen molar-refractivity contribution in [1.29, 1.82) is 0 Å². The van der Waals surface area contributed by atoms with E-state index in [9.17, 15) is 13.2 Å². The molecule has 4 nitrogen and oxygen atoms in total. The average Bonchev–Trinajstić information content (AvgIpc) is 3.18. The van der Waals surface area contributed by atoms with Crippen LogP contribution in [-0.2, 0) is 6.18 Å². The van der Waals surface area contributed by atoms with Crippen molar-refractivity contribution in [1.82, 2.24) is 15.3 Å². The van der Waals surface area contributed by atoms with Crippen LogP contribution in [0.2, 0.25) is 0 Å². The van der Waals surface area contributed by atoms with E-state index >= 15 is 0 Å². The zero-order chi connectivity index (χ0) is 22.4. The maximum atomic E-state index is 12.7. The molecule has 1 aromatic heterocycles. The maximum Gasteiger partial charge on any atom is 0.416 e. The Morgan fingerprint density at radius 3 is 2.29 bits per heavy atom. The quantitative estimate of drug-likeness (QED) is 0.415. The summed E-state index contributed by atoms with van der Waals surface area (Å²) >= 11 is 5.35. The number of anilines is 1. The van der Waals surface area contributed by atoms with Gasteiger partial charge < -0.3 is 15.6 Å². The summed E-state index contributed by atoms with van der Waals surface area (Å²) in [6.07, 6.45) is 1.78. The van der Waals surface area contributed by atoms with E-state index in [4.69, 9.17) is 17.2 Å². The Balaban J connectivity index is 0.000000858. The molecule has 0 aliphatic heterocycles. The molecule has 1 aliphatic rings. The summed E-state index contributed by atoms with van der Waals surface area (Å²) in [6, 6.07) is 10.6. The Morgan fingerprint density at radius 2 is 1.68 bits per heavy atom. The Labute approximate surface area is 185 Å². The molecule has 3 N–H and O–H groups in total. The summed E-state index contributed by atoms with van der Waals surface area (Å²) in [6.45, 7) is 0. The number of fused-ring (bicyclic) bond motifs is 1. The molecule has 1 aliphatic carbocycles. The summed E-state index contributed by atoms with van der Waals surface area (Å²) in [5, 5.41) is 5.84. The minimum absolute atomic E-state index is 0.371. The third-order valence-corrected chi connectivity index (χ3v) is 5.56. The second-order valence-electron chi connectivity index (χ2n) is 7.72. The Bertz CT molecular complexity index is 1010. The minimum Gasteiger partial charge on any atom is -0.346 e. The van der Waals surface area contributed by atoms with Gasteiger partial charge in [0.2, 0.25) is 0 Å². The first-order valence-corrected chi connectivity index (χ1v) is 10.8. The van der Waals surface area contributed by atoms with E-state index in [1.165, 1.54) is 44.2 Å². The van der Waals surface area contributed by atoms with E-state index in [2.05, 4.69) is 15.6 Å². The molecule has 1 heterocycles. The number of rotatable bonds is 3. The molecular formula is C23H27F3N4S. The summed E-state index contributed by atoms with van der Waals surface area (Å²) in [5.41, 5.74) is 2.45. The highest BCUT2D eigenvalue weighted by Gasteiger charge is 2.30. The second kappa shape index (κ2) is 10.2. The van der Waals surface area contributed by atoms with Crippen LogP contribution in [0.5, 0.6) is 0 Å². The van der Waals surface area contributed by atoms with Crippen LogP contribution < -0.4 is 10.6 Å². The molecule has 3 aromatic rings. The first-order chi connectivity index (χ1) is 14.8. The largest absolute Gasteiger partial charge is 0.416 e. The number of aromatic nitrogens is 2. The van der Waals surface area contributed by atoms with Crippen molar-refractivity contribution in [2.24, 2.45) is 0 Å². The maximum absolute atomic E-state index is 12.7. The predicted molar refractivity (Wildman–Crippen MR) is 124 cm³/mol. The molecule has 0 bridgehead atoms. The molecule has 0 atom stereocenters. The molecule has 8 heteroatoms.